The Hall–Kier alpha value is -5.62. The first kappa shape index (κ1) is 28.4. The summed E-state index contributed by atoms with van der Waals surface area (Å²) in [5.74, 6) is 0. The van der Waals surface area contributed by atoms with Gasteiger partial charge in [-0.25, -0.2) is 0 Å². The van der Waals surface area contributed by atoms with Gasteiger partial charge in [-0.2, -0.15) is 0 Å². The van der Waals surface area contributed by atoms with Gasteiger partial charge in [0, 0.05) is 86.6 Å². The second-order valence-electron chi connectivity index (χ2n) is 12.8. The third-order valence-electron chi connectivity index (χ3n) is 9.72. The standard InChI is InChI=1S/C44H30N2OS2/c1-27-12-17-34-36-19-14-31(25-43(36)48-41(34)22-27)46(28-8-4-3-5-9-28)32-15-20-37-35-18-13-30(24-42(35)49-44(37)26-32)45(2)29-16-21-40-38(23-29)33-10-6-7-11-39(33)47-40/h3-26H,1-2H3. The van der Waals surface area contributed by atoms with Crippen LogP contribution in [0.5, 0.6) is 0 Å². The molecule has 10 aromatic rings. The molecule has 0 fully saturated rings. The van der Waals surface area contributed by atoms with Crippen LogP contribution in [0.3, 0.4) is 0 Å². The molecule has 0 spiro atoms. The zero-order valence-corrected chi connectivity index (χ0v) is 28.6. The molecule has 0 atom stereocenters. The van der Waals surface area contributed by atoms with E-state index in [0.717, 1.165) is 50.4 Å². The molecule has 0 saturated carbocycles. The minimum absolute atomic E-state index is 0.914. The molecule has 3 nitrogen and oxygen atoms in total. The predicted octanol–water partition coefficient (Wildman–Crippen LogP) is 13.9. The van der Waals surface area contributed by atoms with E-state index in [0.29, 0.717) is 0 Å². The number of para-hydroxylation sites is 2. The van der Waals surface area contributed by atoms with Crippen LogP contribution in [0.25, 0.3) is 62.3 Å². The minimum atomic E-state index is 0.914. The number of benzene rings is 7. The summed E-state index contributed by atoms with van der Waals surface area (Å²) in [6, 6.07) is 52.8. The molecule has 0 amide bonds. The van der Waals surface area contributed by atoms with Gasteiger partial charge in [0.2, 0.25) is 0 Å². The number of anilines is 5. The maximum atomic E-state index is 6.08. The van der Waals surface area contributed by atoms with Crippen LogP contribution in [-0.4, -0.2) is 7.05 Å². The Morgan fingerprint density at radius 3 is 1.61 bits per heavy atom. The Morgan fingerprint density at radius 1 is 0.408 bits per heavy atom. The highest BCUT2D eigenvalue weighted by atomic mass is 32.1. The normalized spacial score (nSPS) is 11.9. The Balaban J connectivity index is 1.05. The van der Waals surface area contributed by atoms with E-state index >= 15 is 0 Å². The summed E-state index contributed by atoms with van der Waals surface area (Å²) in [4.78, 5) is 4.65. The molecule has 49 heavy (non-hydrogen) atoms. The van der Waals surface area contributed by atoms with E-state index in [2.05, 4.69) is 157 Å². The van der Waals surface area contributed by atoms with Crippen molar-refractivity contribution in [2.75, 3.05) is 16.8 Å². The number of hydrogen-bond donors (Lipinski definition) is 0. The van der Waals surface area contributed by atoms with E-state index in [1.165, 1.54) is 45.9 Å². The largest absolute Gasteiger partial charge is 0.456 e. The third kappa shape index (κ3) is 4.61. The molecule has 0 aliphatic heterocycles. The lowest BCUT2D eigenvalue weighted by atomic mass is 10.1. The van der Waals surface area contributed by atoms with Gasteiger partial charge in [-0.3, -0.25) is 0 Å². The topological polar surface area (TPSA) is 19.6 Å². The van der Waals surface area contributed by atoms with Gasteiger partial charge >= 0.3 is 0 Å². The molecule has 10 rings (SSSR count). The van der Waals surface area contributed by atoms with Crippen molar-refractivity contribution in [3.05, 3.63) is 151 Å². The number of aryl methyl sites for hydroxylation is 1. The van der Waals surface area contributed by atoms with Crippen LogP contribution in [0, 0.1) is 6.92 Å². The van der Waals surface area contributed by atoms with E-state index in [-0.39, 0.29) is 0 Å². The maximum absolute atomic E-state index is 6.08. The number of nitrogens with zero attached hydrogens (tertiary/aromatic N) is 2. The summed E-state index contributed by atoms with van der Waals surface area (Å²) in [6.07, 6.45) is 0. The highest BCUT2D eigenvalue weighted by Gasteiger charge is 2.17. The molecule has 0 aliphatic rings. The Bertz CT molecular complexity index is 2880. The average molecular weight is 667 g/mol. The van der Waals surface area contributed by atoms with Gasteiger partial charge in [0.15, 0.2) is 0 Å². The third-order valence-corrected chi connectivity index (χ3v) is 11.9. The molecule has 0 saturated heterocycles. The van der Waals surface area contributed by atoms with Crippen LogP contribution in [0.1, 0.15) is 5.56 Å². The van der Waals surface area contributed by atoms with Gasteiger partial charge in [-0.05, 0) is 91.3 Å². The van der Waals surface area contributed by atoms with E-state index in [4.69, 9.17) is 4.42 Å². The highest BCUT2D eigenvalue weighted by molar-refractivity contribution is 7.26. The molecule has 3 heterocycles. The first-order valence-electron chi connectivity index (χ1n) is 16.5. The van der Waals surface area contributed by atoms with Crippen LogP contribution < -0.4 is 9.80 Å². The minimum Gasteiger partial charge on any atom is -0.456 e. The summed E-state index contributed by atoms with van der Waals surface area (Å²) >= 11 is 3.73. The number of rotatable bonds is 5. The van der Waals surface area contributed by atoms with Gasteiger partial charge < -0.3 is 14.2 Å². The van der Waals surface area contributed by atoms with Gasteiger partial charge in [0.05, 0.1) is 0 Å². The van der Waals surface area contributed by atoms with Crippen molar-refractivity contribution in [3.8, 4) is 0 Å². The molecule has 7 aromatic carbocycles. The second-order valence-corrected chi connectivity index (χ2v) is 14.9. The summed E-state index contributed by atoms with van der Waals surface area (Å²) < 4.78 is 11.3. The fourth-order valence-corrected chi connectivity index (χ4v) is 9.62. The Labute approximate surface area is 291 Å². The molecule has 234 valence electrons. The molecule has 3 aromatic heterocycles. The Kier molecular flexibility index (Phi) is 6.35. The summed E-state index contributed by atoms with van der Waals surface area (Å²) in [7, 11) is 2.14. The second kappa shape index (κ2) is 11.0. The fraction of sp³-hybridized carbons (Fsp3) is 0.0455. The van der Waals surface area contributed by atoms with Crippen molar-refractivity contribution in [2.24, 2.45) is 0 Å². The summed E-state index contributed by atoms with van der Waals surface area (Å²) in [6.45, 7) is 2.17. The molecular formula is C44H30N2OS2. The number of fused-ring (bicyclic) bond motifs is 9. The van der Waals surface area contributed by atoms with E-state index < -0.39 is 0 Å². The maximum Gasteiger partial charge on any atom is 0.135 e. The zero-order chi connectivity index (χ0) is 32.6. The van der Waals surface area contributed by atoms with Crippen molar-refractivity contribution < 1.29 is 4.42 Å². The quantitative estimate of drug-likeness (QED) is 0.182. The van der Waals surface area contributed by atoms with Gasteiger partial charge in [-0.15, -0.1) is 22.7 Å². The Morgan fingerprint density at radius 2 is 0.918 bits per heavy atom. The molecular weight excluding hydrogens is 637 g/mol. The molecule has 0 radical (unpaired) electrons. The van der Waals surface area contributed by atoms with E-state index in [1.807, 2.05) is 34.8 Å². The van der Waals surface area contributed by atoms with Crippen LogP contribution >= 0.6 is 22.7 Å². The average Bonchev–Trinajstić information content (AvgIpc) is 3.81. The number of hydrogen-bond acceptors (Lipinski definition) is 5. The molecule has 5 heteroatoms. The van der Waals surface area contributed by atoms with Gasteiger partial charge in [-0.1, -0.05) is 66.7 Å². The predicted molar refractivity (Wildman–Crippen MR) is 213 cm³/mol. The van der Waals surface area contributed by atoms with Crippen LogP contribution in [0.2, 0.25) is 0 Å². The van der Waals surface area contributed by atoms with E-state index in [9.17, 15) is 0 Å². The van der Waals surface area contributed by atoms with Crippen molar-refractivity contribution in [1.82, 2.24) is 0 Å². The lowest BCUT2D eigenvalue weighted by Crippen LogP contribution is -2.09. The lowest BCUT2D eigenvalue weighted by Gasteiger charge is -2.25. The van der Waals surface area contributed by atoms with Crippen molar-refractivity contribution in [1.29, 1.82) is 0 Å². The van der Waals surface area contributed by atoms with Crippen molar-refractivity contribution >= 4 is 113 Å². The van der Waals surface area contributed by atoms with Crippen LogP contribution in [0.15, 0.2) is 150 Å². The molecule has 0 aliphatic carbocycles. The van der Waals surface area contributed by atoms with Gasteiger partial charge in [0.1, 0.15) is 11.2 Å². The summed E-state index contributed by atoms with van der Waals surface area (Å²) in [5, 5.41) is 7.50. The SMILES string of the molecule is Cc1ccc2c(c1)sc1cc(N(c3ccccc3)c3ccc4c(c3)sc3cc(N(C)c5ccc6oc7ccccc7c6c5)ccc34)ccc12. The molecule has 0 unspecified atom stereocenters. The van der Waals surface area contributed by atoms with Crippen LogP contribution in [0.4, 0.5) is 28.4 Å². The lowest BCUT2D eigenvalue weighted by molar-refractivity contribution is 0.669. The van der Waals surface area contributed by atoms with E-state index in [1.54, 1.807) is 0 Å². The number of thiophene rings is 2. The summed E-state index contributed by atoms with van der Waals surface area (Å²) in [5.41, 5.74) is 8.88. The molecule has 0 N–H and O–H groups in total. The van der Waals surface area contributed by atoms with Crippen LogP contribution in [-0.2, 0) is 0 Å². The first-order valence-corrected chi connectivity index (χ1v) is 18.1. The van der Waals surface area contributed by atoms with Gasteiger partial charge in [0.25, 0.3) is 0 Å². The zero-order valence-electron chi connectivity index (χ0n) is 27.0. The fourth-order valence-electron chi connectivity index (χ4n) is 7.21. The van der Waals surface area contributed by atoms with Crippen molar-refractivity contribution in [3.63, 3.8) is 0 Å². The highest BCUT2D eigenvalue weighted by Crippen LogP contribution is 2.44. The smallest absolute Gasteiger partial charge is 0.135 e. The molecule has 0 bridgehead atoms. The first-order chi connectivity index (χ1) is 24.1. The monoisotopic (exact) mass is 666 g/mol. The number of furan rings is 1. The van der Waals surface area contributed by atoms with Crippen molar-refractivity contribution in [2.45, 2.75) is 6.92 Å².